The van der Waals surface area contributed by atoms with Gasteiger partial charge in [0.05, 0.1) is 10.6 Å². The molecule has 0 N–H and O–H groups in total. The maximum Gasteiger partial charge on any atom is 0.230 e. The van der Waals surface area contributed by atoms with E-state index in [0.29, 0.717) is 10.0 Å². The van der Waals surface area contributed by atoms with Crippen LogP contribution < -0.4 is 0 Å². The van der Waals surface area contributed by atoms with Crippen molar-refractivity contribution in [1.29, 1.82) is 0 Å². The van der Waals surface area contributed by atoms with E-state index >= 15 is 0 Å². The van der Waals surface area contributed by atoms with Crippen molar-refractivity contribution in [3.05, 3.63) is 34.3 Å². The predicted octanol–water partition coefficient (Wildman–Crippen LogP) is 2.70. The molecule has 19 heavy (non-hydrogen) atoms. The minimum absolute atomic E-state index is 0.0220. The van der Waals surface area contributed by atoms with Crippen molar-refractivity contribution in [3.63, 3.8) is 0 Å². The summed E-state index contributed by atoms with van der Waals surface area (Å²) in [5.41, 5.74) is 3.52. The Labute approximate surface area is 113 Å². The third-order valence-electron chi connectivity index (χ3n) is 2.81. The molecule has 5 nitrogen and oxygen atoms in total. The molecule has 3 rings (SSSR count). The van der Waals surface area contributed by atoms with Crippen LogP contribution in [0, 0.1) is 13.8 Å². The number of ketones is 1. The lowest BCUT2D eigenvalue weighted by Gasteiger charge is -1.89. The second-order valence-electron chi connectivity index (χ2n) is 4.45. The van der Waals surface area contributed by atoms with Crippen LogP contribution in [0.1, 0.15) is 27.9 Å². The van der Waals surface area contributed by atoms with Crippen LogP contribution in [0.3, 0.4) is 0 Å². The van der Waals surface area contributed by atoms with Gasteiger partial charge in [0, 0.05) is 6.92 Å². The lowest BCUT2D eigenvalue weighted by Crippen LogP contribution is -1.97. The summed E-state index contributed by atoms with van der Waals surface area (Å²) in [5, 5.41) is 9.40. The number of carbonyl (C=O) groups excluding carboxylic acids is 1. The van der Waals surface area contributed by atoms with Crippen molar-refractivity contribution in [2.24, 2.45) is 0 Å². The summed E-state index contributed by atoms with van der Waals surface area (Å²) in [4.78, 5) is 18.0. The maximum absolute atomic E-state index is 11.4. The molecule has 0 aliphatic rings. The van der Waals surface area contributed by atoms with E-state index in [0.717, 1.165) is 22.3 Å². The standard InChI is InChI=1S/C13H12N4OS/c1-7-4-5-10-11(6-7)16-17(15-10)13-14-8(2)12(19-13)9(3)18/h4-6H,1-3H3. The van der Waals surface area contributed by atoms with Crippen LogP contribution in [-0.2, 0) is 0 Å². The first-order valence-corrected chi connectivity index (χ1v) is 6.68. The Bertz CT molecular complexity index is 787. The van der Waals surface area contributed by atoms with Gasteiger partial charge in [-0.3, -0.25) is 4.79 Å². The van der Waals surface area contributed by atoms with Gasteiger partial charge in [0.2, 0.25) is 5.13 Å². The molecule has 96 valence electrons. The van der Waals surface area contributed by atoms with Crippen LogP contribution in [-0.4, -0.2) is 25.8 Å². The van der Waals surface area contributed by atoms with E-state index in [-0.39, 0.29) is 5.78 Å². The van der Waals surface area contributed by atoms with Crippen molar-refractivity contribution in [2.45, 2.75) is 20.8 Å². The third-order valence-corrected chi connectivity index (χ3v) is 4.04. The van der Waals surface area contributed by atoms with Crippen LogP contribution in [0.2, 0.25) is 0 Å². The number of fused-ring (bicyclic) bond motifs is 1. The number of aromatic nitrogens is 4. The highest BCUT2D eigenvalue weighted by Crippen LogP contribution is 2.22. The molecule has 6 heteroatoms. The number of carbonyl (C=O) groups is 1. The fraction of sp³-hybridized carbons (Fsp3) is 0.231. The zero-order valence-corrected chi connectivity index (χ0v) is 11.7. The molecular formula is C13H12N4OS. The highest BCUT2D eigenvalue weighted by atomic mass is 32.1. The molecule has 0 saturated heterocycles. The first-order valence-electron chi connectivity index (χ1n) is 5.87. The van der Waals surface area contributed by atoms with Crippen LogP contribution in [0.4, 0.5) is 0 Å². The van der Waals surface area contributed by atoms with Gasteiger partial charge < -0.3 is 0 Å². The smallest absolute Gasteiger partial charge is 0.230 e. The summed E-state index contributed by atoms with van der Waals surface area (Å²) >= 11 is 1.32. The largest absolute Gasteiger partial charge is 0.294 e. The van der Waals surface area contributed by atoms with Gasteiger partial charge in [-0.05, 0) is 31.5 Å². The average Bonchev–Trinajstić information content (AvgIpc) is 2.91. The summed E-state index contributed by atoms with van der Waals surface area (Å²) in [6.07, 6.45) is 0. The van der Waals surface area contributed by atoms with E-state index in [2.05, 4.69) is 15.2 Å². The monoisotopic (exact) mass is 272 g/mol. The number of thiazole rings is 1. The number of Topliss-reactive ketones (excluding diaryl/α,β-unsaturated/α-hetero) is 1. The Morgan fingerprint density at radius 2 is 1.95 bits per heavy atom. The Kier molecular flexibility index (Phi) is 2.67. The molecule has 0 fully saturated rings. The van der Waals surface area contributed by atoms with Crippen molar-refractivity contribution in [3.8, 4) is 5.13 Å². The van der Waals surface area contributed by atoms with Crippen LogP contribution >= 0.6 is 11.3 Å². The molecule has 0 bridgehead atoms. The van der Waals surface area contributed by atoms with Crippen molar-refractivity contribution in [2.75, 3.05) is 0 Å². The molecule has 3 aromatic rings. The van der Waals surface area contributed by atoms with Crippen molar-refractivity contribution < 1.29 is 4.79 Å². The lowest BCUT2D eigenvalue weighted by molar-refractivity contribution is 0.102. The molecule has 0 unspecified atom stereocenters. The van der Waals surface area contributed by atoms with Gasteiger partial charge >= 0.3 is 0 Å². The van der Waals surface area contributed by atoms with Gasteiger partial charge in [-0.2, -0.15) is 0 Å². The Morgan fingerprint density at radius 3 is 2.63 bits per heavy atom. The summed E-state index contributed by atoms with van der Waals surface area (Å²) in [6, 6.07) is 5.90. The minimum Gasteiger partial charge on any atom is -0.294 e. The summed E-state index contributed by atoms with van der Waals surface area (Å²) in [5.74, 6) is 0.0220. The van der Waals surface area contributed by atoms with E-state index in [1.54, 1.807) is 6.92 Å². The maximum atomic E-state index is 11.4. The fourth-order valence-corrected chi connectivity index (χ4v) is 2.77. The van der Waals surface area contributed by atoms with Gasteiger partial charge in [0.15, 0.2) is 5.78 Å². The summed E-state index contributed by atoms with van der Waals surface area (Å²) < 4.78 is 0. The first kappa shape index (κ1) is 12.0. The lowest BCUT2D eigenvalue weighted by atomic mass is 10.2. The fourth-order valence-electron chi connectivity index (χ4n) is 1.90. The summed E-state index contributed by atoms with van der Waals surface area (Å²) in [6.45, 7) is 5.38. The van der Waals surface area contributed by atoms with Gasteiger partial charge in [0.25, 0.3) is 0 Å². The van der Waals surface area contributed by atoms with Crippen molar-refractivity contribution >= 4 is 28.2 Å². The topological polar surface area (TPSA) is 60.7 Å². The highest BCUT2D eigenvalue weighted by molar-refractivity contribution is 7.16. The van der Waals surface area contributed by atoms with Gasteiger partial charge in [-0.1, -0.05) is 17.4 Å². The molecule has 0 saturated carbocycles. The Balaban J connectivity index is 2.13. The van der Waals surface area contributed by atoms with Gasteiger partial charge in [0.1, 0.15) is 11.0 Å². The molecule has 0 aliphatic carbocycles. The van der Waals surface area contributed by atoms with Crippen molar-refractivity contribution in [1.82, 2.24) is 20.0 Å². The summed E-state index contributed by atoms with van der Waals surface area (Å²) in [7, 11) is 0. The van der Waals surface area contributed by atoms with E-state index in [9.17, 15) is 4.79 Å². The molecule has 2 heterocycles. The number of hydrogen-bond donors (Lipinski definition) is 0. The van der Waals surface area contributed by atoms with Crippen LogP contribution in [0.25, 0.3) is 16.2 Å². The van der Waals surface area contributed by atoms with Gasteiger partial charge in [-0.15, -0.1) is 15.0 Å². The zero-order valence-electron chi connectivity index (χ0n) is 10.8. The number of aryl methyl sites for hydroxylation is 2. The van der Waals surface area contributed by atoms with Crippen LogP contribution in [0.5, 0.6) is 0 Å². The number of rotatable bonds is 2. The number of hydrogen-bond acceptors (Lipinski definition) is 5. The average molecular weight is 272 g/mol. The molecule has 1 aromatic carbocycles. The molecule has 2 aromatic heterocycles. The highest BCUT2D eigenvalue weighted by Gasteiger charge is 2.14. The normalized spacial score (nSPS) is 11.1. The zero-order chi connectivity index (χ0) is 13.6. The molecule has 0 atom stereocenters. The Morgan fingerprint density at radius 1 is 1.21 bits per heavy atom. The third kappa shape index (κ3) is 2.04. The molecule has 0 radical (unpaired) electrons. The minimum atomic E-state index is 0.0220. The second-order valence-corrected chi connectivity index (χ2v) is 5.43. The molecule has 0 aliphatic heterocycles. The second kappa shape index (κ2) is 4.24. The quantitative estimate of drug-likeness (QED) is 0.673. The van der Waals surface area contributed by atoms with E-state index in [4.69, 9.17) is 0 Å². The number of nitrogens with zero attached hydrogens (tertiary/aromatic N) is 4. The van der Waals surface area contributed by atoms with Gasteiger partial charge in [-0.25, -0.2) is 4.98 Å². The van der Waals surface area contributed by atoms with E-state index < -0.39 is 0 Å². The van der Waals surface area contributed by atoms with E-state index in [1.165, 1.54) is 16.1 Å². The molecular weight excluding hydrogens is 260 g/mol. The Hall–Kier alpha value is -2.08. The first-order chi connectivity index (χ1) is 9.04. The number of benzene rings is 1. The molecule has 0 amide bonds. The van der Waals surface area contributed by atoms with Crippen LogP contribution in [0.15, 0.2) is 18.2 Å². The SMILES string of the molecule is CC(=O)c1sc(-n2nc3ccc(C)cc3n2)nc1C. The molecule has 0 spiro atoms. The predicted molar refractivity (Wildman–Crippen MR) is 74.0 cm³/mol. The van der Waals surface area contributed by atoms with E-state index in [1.807, 2.05) is 32.0 Å².